The minimum Gasteiger partial charge on any atom is -0.444 e. The summed E-state index contributed by atoms with van der Waals surface area (Å²) in [6, 6.07) is 17.1. The maximum absolute atomic E-state index is 13.2. The second-order valence-electron chi connectivity index (χ2n) is 9.17. The number of ether oxygens (including phenoxy) is 2. The van der Waals surface area contributed by atoms with Gasteiger partial charge in [0.15, 0.2) is 0 Å². The molecule has 1 amide bonds. The van der Waals surface area contributed by atoms with Crippen LogP contribution in [0.1, 0.15) is 67.3 Å². The lowest BCUT2D eigenvalue weighted by atomic mass is 9.67. The van der Waals surface area contributed by atoms with Gasteiger partial charge in [0.1, 0.15) is 5.60 Å². The average Bonchev–Trinajstić information content (AvgIpc) is 3.35. The van der Waals surface area contributed by atoms with Gasteiger partial charge in [0, 0.05) is 11.8 Å². The van der Waals surface area contributed by atoms with Gasteiger partial charge in [-0.1, -0.05) is 48.5 Å². The van der Waals surface area contributed by atoms with E-state index in [0.717, 1.165) is 0 Å². The smallest absolute Gasteiger partial charge is 0.411 e. The first-order valence-corrected chi connectivity index (χ1v) is 9.80. The number of hydrogen-bond acceptors (Lipinski definition) is 3. The number of fused-ring (bicyclic) bond motifs is 15. The Labute approximate surface area is 159 Å². The third kappa shape index (κ3) is 1.89. The Balaban J connectivity index is 1.48. The molecular formula is C23H23NO3. The first-order valence-electron chi connectivity index (χ1n) is 9.80. The van der Waals surface area contributed by atoms with Crippen molar-refractivity contribution >= 4 is 6.09 Å². The zero-order valence-corrected chi connectivity index (χ0v) is 15.8. The van der Waals surface area contributed by atoms with Crippen molar-refractivity contribution in [1.29, 1.82) is 0 Å². The first kappa shape index (κ1) is 15.7. The molecule has 4 aliphatic rings. The van der Waals surface area contributed by atoms with Crippen LogP contribution in [-0.2, 0) is 9.47 Å². The Morgan fingerprint density at radius 2 is 1.30 bits per heavy atom. The van der Waals surface area contributed by atoms with Gasteiger partial charge in [-0.3, -0.25) is 4.90 Å². The van der Waals surface area contributed by atoms with Crippen LogP contribution in [-0.4, -0.2) is 16.6 Å². The molecule has 4 heteroatoms. The third-order valence-electron chi connectivity index (χ3n) is 6.61. The van der Waals surface area contributed by atoms with E-state index in [2.05, 4.69) is 48.5 Å². The van der Waals surface area contributed by atoms with E-state index in [1.165, 1.54) is 22.3 Å². The molecule has 2 saturated heterocycles. The molecule has 0 N–H and O–H groups in total. The molecule has 138 valence electrons. The van der Waals surface area contributed by atoms with E-state index in [1.54, 1.807) is 0 Å². The monoisotopic (exact) mass is 361 g/mol. The Hall–Kier alpha value is -2.33. The number of carbonyl (C=O) groups is 1. The molecule has 2 fully saturated rings. The molecule has 6 rings (SSSR count). The standard InChI is InChI=1S/C23H23NO3/c1-23(2,3)27-22(25)24-18-12-8-4-5-9-13(12)19(24)17-16(18)20-14-10-6-7-11-15(14)21(17)26-20/h4-11,16-21H,1-3H3/t16-,17+,18+,19-,20-,21+. The van der Waals surface area contributed by atoms with Gasteiger partial charge in [-0.15, -0.1) is 0 Å². The van der Waals surface area contributed by atoms with Gasteiger partial charge in [0.25, 0.3) is 0 Å². The van der Waals surface area contributed by atoms with Gasteiger partial charge in [-0.2, -0.15) is 0 Å². The van der Waals surface area contributed by atoms with Crippen molar-refractivity contribution < 1.29 is 14.3 Å². The summed E-state index contributed by atoms with van der Waals surface area (Å²) in [6.07, 6.45) is -0.0551. The summed E-state index contributed by atoms with van der Waals surface area (Å²) in [5, 5.41) is 0. The van der Waals surface area contributed by atoms with Gasteiger partial charge in [-0.25, -0.2) is 4.79 Å². The molecule has 0 saturated carbocycles. The predicted molar refractivity (Wildman–Crippen MR) is 100.0 cm³/mol. The highest BCUT2D eigenvalue weighted by molar-refractivity contribution is 5.73. The number of hydrogen-bond donors (Lipinski definition) is 0. The first-order chi connectivity index (χ1) is 13.0. The van der Waals surface area contributed by atoms with E-state index >= 15 is 0 Å². The minimum atomic E-state index is -0.501. The molecule has 4 nitrogen and oxygen atoms in total. The van der Waals surface area contributed by atoms with Crippen molar-refractivity contribution in [1.82, 2.24) is 4.90 Å². The van der Waals surface area contributed by atoms with Crippen molar-refractivity contribution in [3.05, 3.63) is 70.8 Å². The number of benzene rings is 2. The maximum Gasteiger partial charge on any atom is 0.411 e. The lowest BCUT2D eigenvalue weighted by molar-refractivity contribution is -0.00642. The highest BCUT2D eigenvalue weighted by atomic mass is 16.6. The van der Waals surface area contributed by atoms with Gasteiger partial charge in [0.2, 0.25) is 0 Å². The summed E-state index contributed by atoms with van der Waals surface area (Å²) in [4.78, 5) is 15.2. The second-order valence-corrected chi connectivity index (χ2v) is 9.17. The summed E-state index contributed by atoms with van der Waals surface area (Å²) in [6.45, 7) is 5.79. The van der Waals surface area contributed by atoms with Crippen molar-refractivity contribution in [2.24, 2.45) is 11.8 Å². The molecule has 0 aromatic heterocycles. The van der Waals surface area contributed by atoms with Crippen molar-refractivity contribution in [2.45, 2.75) is 50.7 Å². The van der Waals surface area contributed by atoms with Crippen LogP contribution >= 0.6 is 0 Å². The highest BCUT2D eigenvalue weighted by Crippen LogP contribution is 2.73. The molecule has 4 bridgehead atoms. The highest BCUT2D eigenvalue weighted by Gasteiger charge is 2.69. The molecule has 27 heavy (non-hydrogen) atoms. The third-order valence-corrected chi connectivity index (χ3v) is 6.61. The van der Waals surface area contributed by atoms with E-state index < -0.39 is 5.60 Å². The SMILES string of the molecule is CC(C)(C)OC(=O)N1[C@@H]2c3ccccc3[C@H]1[C@H]1[C@@H]2[C@H]2O[C@@H]1c1ccccc12. The molecule has 0 radical (unpaired) electrons. The summed E-state index contributed by atoms with van der Waals surface area (Å²) in [5.74, 6) is 0.606. The Morgan fingerprint density at radius 1 is 0.852 bits per heavy atom. The van der Waals surface area contributed by atoms with Crippen LogP contribution in [0.15, 0.2) is 48.5 Å². The lowest BCUT2D eigenvalue weighted by Gasteiger charge is -2.31. The fraction of sp³-hybridized carbons (Fsp3) is 0.435. The van der Waals surface area contributed by atoms with Gasteiger partial charge in [0.05, 0.1) is 24.3 Å². The van der Waals surface area contributed by atoms with E-state index in [4.69, 9.17) is 9.47 Å². The van der Waals surface area contributed by atoms with Crippen LogP contribution in [0, 0.1) is 11.8 Å². The normalized spacial score (nSPS) is 34.4. The Morgan fingerprint density at radius 3 is 1.74 bits per heavy atom. The Kier molecular flexibility index (Phi) is 2.87. The van der Waals surface area contributed by atoms with E-state index in [9.17, 15) is 4.79 Å². The van der Waals surface area contributed by atoms with Gasteiger partial charge >= 0.3 is 6.09 Å². The second kappa shape index (κ2) is 4.93. The molecule has 6 atom stereocenters. The summed E-state index contributed by atoms with van der Waals surface area (Å²) >= 11 is 0. The number of rotatable bonds is 0. The molecule has 4 heterocycles. The molecule has 0 aliphatic carbocycles. The van der Waals surface area contributed by atoms with Crippen molar-refractivity contribution in [2.75, 3.05) is 0 Å². The van der Waals surface area contributed by atoms with Gasteiger partial charge < -0.3 is 9.47 Å². The average molecular weight is 361 g/mol. The molecule has 4 aliphatic heterocycles. The van der Waals surface area contributed by atoms with Crippen LogP contribution in [0.25, 0.3) is 0 Å². The molecular weight excluding hydrogens is 338 g/mol. The molecule has 2 aromatic carbocycles. The topological polar surface area (TPSA) is 38.8 Å². The largest absolute Gasteiger partial charge is 0.444 e. The van der Waals surface area contributed by atoms with Crippen molar-refractivity contribution in [3.8, 4) is 0 Å². The molecule has 2 aromatic rings. The number of nitrogens with zero attached hydrogens (tertiary/aromatic N) is 1. The van der Waals surface area contributed by atoms with Crippen LogP contribution in [0.4, 0.5) is 4.79 Å². The zero-order chi connectivity index (χ0) is 18.5. The zero-order valence-electron chi connectivity index (χ0n) is 15.8. The van der Waals surface area contributed by atoms with E-state index in [1.807, 2.05) is 25.7 Å². The molecule has 0 unspecified atom stereocenters. The predicted octanol–water partition coefficient (Wildman–Crippen LogP) is 5.09. The lowest BCUT2D eigenvalue weighted by Crippen LogP contribution is -2.36. The number of carbonyl (C=O) groups excluding carboxylic acids is 1. The Bertz CT molecular complexity index is 900. The van der Waals surface area contributed by atoms with Crippen LogP contribution in [0.2, 0.25) is 0 Å². The fourth-order valence-electron chi connectivity index (χ4n) is 5.94. The van der Waals surface area contributed by atoms with Crippen LogP contribution in [0.3, 0.4) is 0 Å². The number of amides is 1. The fourth-order valence-corrected chi connectivity index (χ4v) is 5.94. The van der Waals surface area contributed by atoms with Crippen molar-refractivity contribution in [3.63, 3.8) is 0 Å². The maximum atomic E-state index is 13.2. The van der Waals surface area contributed by atoms with E-state index in [-0.39, 0.29) is 30.4 Å². The van der Waals surface area contributed by atoms with Crippen LogP contribution in [0.5, 0.6) is 0 Å². The summed E-state index contributed by atoms with van der Waals surface area (Å²) in [5.41, 5.74) is 4.64. The minimum absolute atomic E-state index is 0.0365. The summed E-state index contributed by atoms with van der Waals surface area (Å²) < 4.78 is 12.3. The van der Waals surface area contributed by atoms with E-state index in [0.29, 0.717) is 11.8 Å². The quantitative estimate of drug-likeness (QED) is 0.656. The molecule has 0 spiro atoms. The summed E-state index contributed by atoms with van der Waals surface area (Å²) in [7, 11) is 0. The van der Waals surface area contributed by atoms with Crippen LogP contribution < -0.4 is 0 Å². The van der Waals surface area contributed by atoms with Gasteiger partial charge in [-0.05, 0) is 43.0 Å².